The maximum atomic E-state index is 11.4. The fraction of sp³-hybridized carbons (Fsp3) is 0.833. The molecule has 1 rings (SSSR count). The third-order valence-corrected chi connectivity index (χ3v) is 3.03. The summed E-state index contributed by atoms with van der Waals surface area (Å²) in [5.74, 6) is -1.32. The van der Waals surface area contributed by atoms with E-state index in [0.29, 0.717) is 0 Å². The number of aliphatic carboxylic acids is 1. The molecule has 4 nitrogen and oxygen atoms in total. The van der Waals surface area contributed by atoms with Gasteiger partial charge in [0.25, 0.3) is 0 Å². The summed E-state index contributed by atoms with van der Waals surface area (Å²) in [5.41, 5.74) is 0. The summed E-state index contributed by atoms with van der Waals surface area (Å²) in [7, 11) is 0. The Hall–Kier alpha value is -1.06. The molecule has 0 aliphatic heterocycles. The van der Waals surface area contributed by atoms with Gasteiger partial charge in [-0.15, -0.1) is 0 Å². The molecular weight excluding hydrogens is 206 g/mol. The van der Waals surface area contributed by atoms with E-state index < -0.39 is 5.97 Å². The molecule has 0 saturated heterocycles. The van der Waals surface area contributed by atoms with Crippen LogP contribution in [0.2, 0.25) is 0 Å². The minimum atomic E-state index is -1.16. The van der Waals surface area contributed by atoms with E-state index in [1.165, 1.54) is 19.3 Å². The van der Waals surface area contributed by atoms with Crippen LogP contribution < -0.4 is 10.4 Å². The van der Waals surface area contributed by atoms with E-state index in [1.54, 1.807) is 0 Å². The highest BCUT2D eigenvalue weighted by Gasteiger charge is 2.13. The molecule has 0 aromatic heterocycles. The molecule has 1 N–H and O–H groups in total. The molecule has 1 fully saturated rings. The number of hydrogen-bond acceptors (Lipinski definition) is 3. The zero-order chi connectivity index (χ0) is 11.8. The average molecular weight is 226 g/mol. The molecule has 0 aromatic carbocycles. The number of nitrogens with one attached hydrogen (secondary N) is 1. The van der Waals surface area contributed by atoms with Crippen molar-refractivity contribution < 1.29 is 14.7 Å². The van der Waals surface area contributed by atoms with E-state index in [4.69, 9.17) is 0 Å². The molecular formula is C12H20NO3-. The number of carbonyl (C=O) groups excluding carboxylic acids is 2. The Morgan fingerprint density at radius 2 is 1.56 bits per heavy atom. The SMILES string of the molecule is O=C([O-])CCC(=O)NC1CCCCCCC1. The van der Waals surface area contributed by atoms with Crippen molar-refractivity contribution >= 4 is 11.9 Å². The third kappa shape index (κ3) is 5.73. The van der Waals surface area contributed by atoms with Gasteiger partial charge in [-0.1, -0.05) is 32.1 Å². The van der Waals surface area contributed by atoms with Crippen molar-refractivity contribution in [2.45, 2.75) is 63.8 Å². The molecule has 4 heteroatoms. The third-order valence-electron chi connectivity index (χ3n) is 3.03. The summed E-state index contributed by atoms with van der Waals surface area (Å²) in [6, 6.07) is 0.245. The molecule has 0 bridgehead atoms. The van der Waals surface area contributed by atoms with Gasteiger partial charge in [-0.3, -0.25) is 4.79 Å². The number of carboxylic acids is 1. The lowest BCUT2D eigenvalue weighted by Crippen LogP contribution is -2.36. The smallest absolute Gasteiger partial charge is 0.220 e. The predicted octanol–water partition coefficient (Wildman–Crippen LogP) is 0.746. The van der Waals surface area contributed by atoms with Gasteiger partial charge < -0.3 is 15.2 Å². The molecule has 0 aromatic rings. The first-order valence-electron chi connectivity index (χ1n) is 6.17. The topological polar surface area (TPSA) is 69.2 Å². The Bertz CT molecular complexity index is 232. The second-order valence-electron chi connectivity index (χ2n) is 4.48. The van der Waals surface area contributed by atoms with Gasteiger partial charge in [0.2, 0.25) is 5.91 Å². The molecule has 0 radical (unpaired) electrons. The number of amides is 1. The van der Waals surface area contributed by atoms with Crippen LogP contribution >= 0.6 is 0 Å². The molecule has 0 heterocycles. The summed E-state index contributed by atoms with van der Waals surface area (Å²) in [4.78, 5) is 21.6. The van der Waals surface area contributed by atoms with Crippen molar-refractivity contribution in [3.05, 3.63) is 0 Å². The maximum Gasteiger partial charge on any atom is 0.220 e. The highest BCUT2D eigenvalue weighted by molar-refractivity contribution is 5.80. The van der Waals surface area contributed by atoms with E-state index in [2.05, 4.69) is 5.32 Å². The van der Waals surface area contributed by atoms with Crippen molar-refractivity contribution in [3.8, 4) is 0 Å². The maximum absolute atomic E-state index is 11.4. The van der Waals surface area contributed by atoms with E-state index in [9.17, 15) is 14.7 Å². The molecule has 1 aliphatic rings. The first kappa shape index (κ1) is 13.0. The number of carboxylic acid groups (broad SMARTS) is 1. The van der Waals surface area contributed by atoms with Crippen molar-refractivity contribution in [2.24, 2.45) is 0 Å². The molecule has 0 spiro atoms. The zero-order valence-corrected chi connectivity index (χ0v) is 9.67. The Morgan fingerprint density at radius 1 is 1.00 bits per heavy atom. The van der Waals surface area contributed by atoms with Crippen molar-refractivity contribution in [1.82, 2.24) is 5.32 Å². The fourth-order valence-electron chi connectivity index (χ4n) is 2.12. The van der Waals surface area contributed by atoms with E-state index >= 15 is 0 Å². The van der Waals surface area contributed by atoms with Crippen LogP contribution in [0.1, 0.15) is 57.8 Å². The van der Waals surface area contributed by atoms with E-state index in [-0.39, 0.29) is 24.8 Å². The lowest BCUT2D eigenvalue weighted by molar-refractivity contribution is -0.305. The highest BCUT2D eigenvalue weighted by Crippen LogP contribution is 2.17. The van der Waals surface area contributed by atoms with Gasteiger partial charge in [-0.2, -0.15) is 0 Å². The summed E-state index contributed by atoms with van der Waals surface area (Å²) >= 11 is 0. The molecule has 0 unspecified atom stereocenters. The first-order valence-corrected chi connectivity index (χ1v) is 6.17. The van der Waals surface area contributed by atoms with Gasteiger partial charge in [0, 0.05) is 18.4 Å². The monoisotopic (exact) mass is 226 g/mol. The first-order chi connectivity index (χ1) is 7.68. The number of rotatable bonds is 4. The summed E-state index contributed by atoms with van der Waals surface area (Å²) in [6.45, 7) is 0. The lowest BCUT2D eigenvalue weighted by Gasteiger charge is -2.21. The minimum Gasteiger partial charge on any atom is -0.550 e. The summed E-state index contributed by atoms with van der Waals surface area (Å²) < 4.78 is 0. The van der Waals surface area contributed by atoms with Crippen LogP contribution in [0.3, 0.4) is 0 Å². The Kier molecular flexibility index (Phi) is 5.90. The van der Waals surface area contributed by atoms with Crippen LogP contribution in [0.25, 0.3) is 0 Å². The van der Waals surface area contributed by atoms with Crippen molar-refractivity contribution in [1.29, 1.82) is 0 Å². The van der Waals surface area contributed by atoms with Crippen LogP contribution in [0.4, 0.5) is 0 Å². The Labute approximate surface area is 96.4 Å². The number of carbonyl (C=O) groups is 2. The van der Waals surface area contributed by atoms with E-state index in [0.717, 1.165) is 25.7 Å². The highest BCUT2D eigenvalue weighted by atomic mass is 16.4. The normalized spacial score (nSPS) is 18.5. The molecule has 1 aliphatic carbocycles. The van der Waals surface area contributed by atoms with Gasteiger partial charge >= 0.3 is 0 Å². The fourth-order valence-corrected chi connectivity index (χ4v) is 2.12. The number of hydrogen-bond donors (Lipinski definition) is 1. The summed E-state index contributed by atoms with van der Waals surface area (Å²) in [5, 5.41) is 13.1. The van der Waals surface area contributed by atoms with Gasteiger partial charge in [-0.05, 0) is 19.3 Å². The van der Waals surface area contributed by atoms with E-state index in [1.807, 2.05) is 0 Å². The largest absolute Gasteiger partial charge is 0.550 e. The van der Waals surface area contributed by atoms with Gasteiger partial charge in [0.15, 0.2) is 0 Å². The van der Waals surface area contributed by atoms with Crippen LogP contribution in [-0.2, 0) is 9.59 Å². The van der Waals surface area contributed by atoms with Crippen LogP contribution in [0, 0.1) is 0 Å². The summed E-state index contributed by atoms with van der Waals surface area (Å²) in [6.07, 6.45) is 8.00. The molecule has 1 saturated carbocycles. The molecule has 92 valence electrons. The predicted molar refractivity (Wildman–Crippen MR) is 58.5 cm³/mol. The Morgan fingerprint density at radius 3 is 2.12 bits per heavy atom. The van der Waals surface area contributed by atoms with Crippen molar-refractivity contribution in [3.63, 3.8) is 0 Å². The van der Waals surface area contributed by atoms with Gasteiger partial charge in [0.05, 0.1) is 0 Å². The van der Waals surface area contributed by atoms with Crippen LogP contribution in [0.15, 0.2) is 0 Å². The van der Waals surface area contributed by atoms with Crippen LogP contribution in [0.5, 0.6) is 0 Å². The van der Waals surface area contributed by atoms with Crippen molar-refractivity contribution in [2.75, 3.05) is 0 Å². The quantitative estimate of drug-likeness (QED) is 0.769. The second-order valence-corrected chi connectivity index (χ2v) is 4.48. The molecule has 16 heavy (non-hydrogen) atoms. The van der Waals surface area contributed by atoms with Gasteiger partial charge in [0.1, 0.15) is 0 Å². The van der Waals surface area contributed by atoms with Gasteiger partial charge in [-0.25, -0.2) is 0 Å². The minimum absolute atomic E-state index is 0.0405. The Balaban J connectivity index is 2.22. The van der Waals surface area contributed by atoms with Crippen LogP contribution in [-0.4, -0.2) is 17.9 Å². The molecule has 1 amide bonds. The second kappa shape index (κ2) is 7.25. The molecule has 0 atom stereocenters. The zero-order valence-electron chi connectivity index (χ0n) is 9.67. The standard InChI is InChI=1S/C12H21NO3/c14-11(8-9-12(15)16)13-10-6-4-2-1-3-5-7-10/h10H,1-9H2,(H,13,14)(H,15,16)/p-1. The lowest BCUT2D eigenvalue weighted by atomic mass is 9.96. The average Bonchev–Trinajstić information content (AvgIpc) is 2.19.